The molecule has 0 bridgehead atoms. The van der Waals surface area contributed by atoms with Gasteiger partial charge in [0.1, 0.15) is 5.03 Å². The summed E-state index contributed by atoms with van der Waals surface area (Å²) in [5.41, 5.74) is 0. The summed E-state index contributed by atoms with van der Waals surface area (Å²) >= 11 is 2.92. The Morgan fingerprint density at radius 1 is 1.21 bits per heavy atom. The van der Waals surface area contributed by atoms with Gasteiger partial charge in [0.15, 0.2) is 5.82 Å². The Morgan fingerprint density at radius 2 is 2.04 bits per heavy atom. The van der Waals surface area contributed by atoms with Gasteiger partial charge in [-0.15, -0.1) is 21.5 Å². The van der Waals surface area contributed by atoms with Gasteiger partial charge in [-0.05, 0) is 36.4 Å². The Labute approximate surface area is 148 Å². The minimum absolute atomic E-state index is 0.114. The molecule has 0 atom stereocenters. The molecule has 2 aromatic rings. The molecule has 0 spiro atoms. The van der Waals surface area contributed by atoms with Gasteiger partial charge in [-0.2, -0.15) is 0 Å². The number of thioether (sulfide) groups is 1. The smallest absolute Gasteiger partial charge is 0.232 e. The van der Waals surface area contributed by atoms with Gasteiger partial charge in [0, 0.05) is 18.0 Å². The Bertz CT molecular complexity index is 683. The van der Waals surface area contributed by atoms with Crippen LogP contribution in [0.5, 0.6) is 0 Å². The van der Waals surface area contributed by atoms with Crippen molar-refractivity contribution in [3.8, 4) is 0 Å². The predicted octanol–water partition coefficient (Wildman–Crippen LogP) is 2.43. The molecule has 1 fully saturated rings. The Kier molecular flexibility index (Phi) is 5.81. The van der Waals surface area contributed by atoms with Crippen LogP contribution in [-0.2, 0) is 16.0 Å². The molecule has 8 heteroatoms. The molecule has 1 aliphatic heterocycles. The fraction of sp³-hybridized carbons (Fsp3) is 0.375. The molecule has 0 aromatic carbocycles. The Hall–Kier alpha value is -1.93. The lowest BCUT2D eigenvalue weighted by Gasteiger charge is -2.14. The zero-order valence-electron chi connectivity index (χ0n) is 13.1. The number of nitrogens with zero attached hydrogens (tertiary/aromatic N) is 3. The first-order valence-corrected chi connectivity index (χ1v) is 9.64. The number of carbonyl (C=O) groups excluding carboxylic acids is 2. The van der Waals surface area contributed by atoms with Gasteiger partial charge >= 0.3 is 0 Å². The zero-order valence-corrected chi connectivity index (χ0v) is 14.7. The lowest BCUT2D eigenvalue weighted by Crippen LogP contribution is -2.29. The number of hydrogen-bond donors (Lipinski definition) is 1. The highest BCUT2D eigenvalue weighted by Crippen LogP contribution is 2.18. The van der Waals surface area contributed by atoms with E-state index >= 15 is 0 Å². The summed E-state index contributed by atoms with van der Waals surface area (Å²) in [7, 11) is 0. The Morgan fingerprint density at radius 3 is 2.71 bits per heavy atom. The molecule has 1 aliphatic rings. The summed E-state index contributed by atoms with van der Waals surface area (Å²) in [5.74, 6) is 0.828. The largest absolute Gasteiger partial charge is 0.342 e. The first kappa shape index (κ1) is 16.9. The normalized spacial score (nSPS) is 13.9. The van der Waals surface area contributed by atoms with Crippen LogP contribution in [0.25, 0.3) is 0 Å². The lowest BCUT2D eigenvalue weighted by atomic mass is 10.3. The van der Waals surface area contributed by atoms with Gasteiger partial charge in [0.05, 0.1) is 12.2 Å². The van der Waals surface area contributed by atoms with E-state index in [1.165, 1.54) is 11.8 Å². The molecule has 2 aromatic heterocycles. The molecule has 6 nitrogen and oxygen atoms in total. The number of aromatic nitrogens is 2. The highest BCUT2D eigenvalue weighted by Gasteiger charge is 2.18. The van der Waals surface area contributed by atoms with E-state index in [1.54, 1.807) is 23.5 Å². The third kappa shape index (κ3) is 4.78. The molecular formula is C16H18N4O2S2. The quantitative estimate of drug-likeness (QED) is 0.799. The summed E-state index contributed by atoms with van der Waals surface area (Å²) < 4.78 is 0. The van der Waals surface area contributed by atoms with E-state index in [2.05, 4.69) is 15.5 Å². The number of amides is 2. The second-order valence-electron chi connectivity index (χ2n) is 5.44. The van der Waals surface area contributed by atoms with Crippen LogP contribution in [0, 0.1) is 0 Å². The van der Waals surface area contributed by atoms with E-state index in [1.807, 2.05) is 22.4 Å². The van der Waals surface area contributed by atoms with Gasteiger partial charge in [-0.25, -0.2) is 0 Å². The number of likely N-dealkylation sites (tertiary alicyclic amines) is 1. The summed E-state index contributed by atoms with van der Waals surface area (Å²) in [6.45, 7) is 1.72. The predicted molar refractivity (Wildman–Crippen MR) is 95.2 cm³/mol. The minimum atomic E-state index is -0.114. The second-order valence-corrected chi connectivity index (χ2v) is 7.47. The van der Waals surface area contributed by atoms with Gasteiger partial charge in [-0.1, -0.05) is 17.8 Å². The van der Waals surface area contributed by atoms with Crippen LogP contribution in [0.4, 0.5) is 5.82 Å². The lowest BCUT2D eigenvalue weighted by molar-refractivity contribution is -0.127. The fourth-order valence-corrected chi connectivity index (χ4v) is 3.84. The summed E-state index contributed by atoms with van der Waals surface area (Å²) in [5, 5.41) is 13.4. The van der Waals surface area contributed by atoms with Crippen LogP contribution in [0.2, 0.25) is 0 Å². The van der Waals surface area contributed by atoms with Gasteiger partial charge < -0.3 is 10.2 Å². The van der Waals surface area contributed by atoms with Crippen LogP contribution in [0.3, 0.4) is 0 Å². The van der Waals surface area contributed by atoms with Crippen molar-refractivity contribution >= 4 is 40.7 Å². The van der Waals surface area contributed by atoms with Crippen molar-refractivity contribution in [3.05, 3.63) is 34.5 Å². The topological polar surface area (TPSA) is 75.2 Å². The first-order valence-electron chi connectivity index (χ1n) is 7.77. The van der Waals surface area contributed by atoms with Crippen molar-refractivity contribution in [2.45, 2.75) is 24.3 Å². The number of anilines is 1. The molecule has 1 N–H and O–H groups in total. The van der Waals surface area contributed by atoms with E-state index in [9.17, 15) is 9.59 Å². The highest BCUT2D eigenvalue weighted by molar-refractivity contribution is 7.99. The minimum Gasteiger partial charge on any atom is -0.342 e. The van der Waals surface area contributed by atoms with E-state index < -0.39 is 0 Å². The average Bonchev–Trinajstić information content (AvgIpc) is 3.27. The van der Waals surface area contributed by atoms with E-state index in [0.717, 1.165) is 30.8 Å². The van der Waals surface area contributed by atoms with Crippen molar-refractivity contribution in [3.63, 3.8) is 0 Å². The van der Waals surface area contributed by atoms with Crippen molar-refractivity contribution in [2.75, 3.05) is 24.2 Å². The Balaban J connectivity index is 1.46. The molecule has 24 heavy (non-hydrogen) atoms. The maximum atomic E-state index is 12.0. The van der Waals surface area contributed by atoms with Crippen LogP contribution >= 0.6 is 23.1 Å². The number of hydrogen-bond acceptors (Lipinski definition) is 6. The second kappa shape index (κ2) is 8.25. The SMILES string of the molecule is O=C(Cc1cccs1)Nc1ccc(SCC(=O)N2CCCC2)nn1. The maximum absolute atomic E-state index is 12.0. The number of rotatable bonds is 6. The van der Waals surface area contributed by atoms with E-state index in [-0.39, 0.29) is 11.8 Å². The zero-order chi connectivity index (χ0) is 16.8. The van der Waals surface area contributed by atoms with Crippen molar-refractivity contribution in [1.29, 1.82) is 0 Å². The molecule has 1 saturated heterocycles. The third-order valence-corrected chi connectivity index (χ3v) is 5.41. The first-order chi connectivity index (χ1) is 11.7. The molecule has 2 amide bonds. The number of carbonyl (C=O) groups is 2. The van der Waals surface area contributed by atoms with Gasteiger partial charge in [0.2, 0.25) is 11.8 Å². The van der Waals surface area contributed by atoms with Crippen LogP contribution < -0.4 is 5.32 Å². The molecule has 3 rings (SSSR count). The monoisotopic (exact) mass is 362 g/mol. The van der Waals surface area contributed by atoms with Crippen molar-refractivity contribution in [2.24, 2.45) is 0 Å². The molecule has 0 unspecified atom stereocenters. The van der Waals surface area contributed by atoms with E-state index in [4.69, 9.17) is 0 Å². The third-order valence-electron chi connectivity index (χ3n) is 3.62. The summed E-state index contributed by atoms with van der Waals surface area (Å²) in [4.78, 5) is 26.8. The fourth-order valence-electron chi connectivity index (χ4n) is 2.42. The molecule has 3 heterocycles. The number of nitrogens with one attached hydrogen (secondary N) is 1. The molecule has 0 aliphatic carbocycles. The highest BCUT2D eigenvalue weighted by atomic mass is 32.2. The molecular weight excluding hydrogens is 344 g/mol. The van der Waals surface area contributed by atoms with Gasteiger partial charge in [-0.3, -0.25) is 9.59 Å². The maximum Gasteiger partial charge on any atom is 0.232 e. The van der Waals surface area contributed by atoms with Gasteiger partial charge in [0.25, 0.3) is 0 Å². The summed E-state index contributed by atoms with van der Waals surface area (Å²) in [6, 6.07) is 7.33. The van der Waals surface area contributed by atoms with Crippen molar-refractivity contribution < 1.29 is 9.59 Å². The molecule has 0 saturated carbocycles. The van der Waals surface area contributed by atoms with E-state index in [0.29, 0.717) is 23.0 Å². The van der Waals surface area contributed by atoms with Crippen LogP contribution in [0.1, 0.15) is 17.7 Å². The van der Waals surface area contributed by atoms with Crippen LogP contribution in [-0.4, -0.2) is 45.8 Å². The molecule has 0 radical (unpaired) electrons. The van der Waals surface area contributed by atoms with Crippen molar-refractivity contribution in [1.82, 2.24) is 15.1 Å². The van der Waals surface area contributed by atoms with Crippen LogP contribution in [0.15, 0.2) is 34.7 Å². The molecule has 126 valence electrons. The average molecular weight is 362 g/mol. The number of thiophene rings is 1. The summed E-state index contributed by atoms with van der Waals surface area (Å²) in [6.07, 6.45) is 2.52. The standard InChI is InChI=1S/C16H18N4O2S2/c21-14(10-12-4-3-9-23-12)17-13-5-6-15(19-18-13)24-11-16(22)20-7-1-2-8-20/h3-6,9H,1-2,7-8,10-11H2,(H,17,18,21).